The lowest BCUT2D eigenvalue weighted by molar-refractivity contribution is -0.132. The number of amides is 1. The molecule has 0 saturated carbocycles. The minimum absolute atomic E-state index is 0.0323. The Labute approximate surface area is 172 Å². The SMILES string of the molecule is CCCCC(=O)N1CCC[C@H]1c1ccc(C(=O)O)c(CCCc2ccccc2)n1. The zero-order valence-corrected chi connectivity index (χ0v) is 17.1. The molecule has 3 rings (SSSR count). The monoisotopic (exact) mass is 394 g/mol. The van der Waals surface area contributed by atoms with Crippen molar-refractivity contribution in [2.75, 3.05) is 6.54 Å². The average Bonchev–Trinajstić information content (AvgIpc) is 3.22. The van der Waals surface area contributed by atoms with Crippen LogP contribution in [-0.2, 0) is 17.6 Å². The summed E-state index contributed by atoms with van der Waals surface area (Å²) in [5, 5.41) is 9.57. The molecule has 2 heterocycles. The van der Waals surface area contributed by atoms with Crippen LogP contribution < -0.4 is 0 Å². The maximum absolute atomic E-state index is 12.6. The van der Waals surface area contributed by atoms with Crippen LogP contribution in [-0.4, -0.2) is 33.4 Å². The highest BCUT2D eigenvalue weighted by Gasteiger charge is 2.31. The summed E-state index contributed by atoms with van der Waals surface area (Å²) in [6.45, 7) is 2.85. The number of benzene rings is 1. The minimum Gasteiger partial charge on any atom is -0.478 e. The van der Waals surface area contributed by atoms with Gasteiger partial charge in [-0.3, -0.25) is 9.78 Å². The molecule has 5 nitrogen and oxygen atoms in total. The smallest absolute Gasteiger partial charge is 0.337 e. The lowest BCUT2D eigenvalue weighted by atomic mass is 10.0. The number of pyridine rings is 1. The van der Waals surface area contributed by atoms with Crippen LogP contribution in [0.4, 0.5) is 0 Å². The first-order valence-corrected chi connectivity index (χ1v) is 10.7. The van der Waals surface area contributed by atoms with Crippen LogP contribution in [0, 0.1) is 0 Å². The quantitative estimate of drug-likeness (QED) is 0.663. The fourth-order valence-corrected chi connectivity index (χ4v) is 4.04. The van der Waals surface area contributed by atoms with E-state index < -0.39 is 5.97 Å². The van der Waals surface area contributed by atoms with E-state index in [0.717, 1.165) is 50.8 Å². The van der Waals surface area contributed by atoms with Crippen LogP contribution >= 0.6 is 0 Å². The second-order valence-corrected chi connectivity index (χ2v) is 7.72. The highest BCUT2D eigenvalue weighted by molar-refractivity contribution is 5.88. The molecule has 1 aromatic heterocycles. The molecule has 0 aliphatic carbocycles. The summed E-state index contributed by atoms with van der Waals surface area (Å²) in [5.41, 5.74) is 2.96. The van der Waals surface area contributed by atoms with Crippen LogP contribution in [0.5, 0.6) is 0 Å². The minimum atomic E-state index is -0.943. The molecule has 5 heteroatoms. The van der Waals surface area contributed by atoms with Gasteiger partial charge in [0.25, 0.3) is 0 Å². The molecule has 29 heavy (non-hydrogen) atoms. The molecule has 1 atom stereocenters. The van der Waals surface area contributed by atoms with Crippen LogP contribution in [0.1, 0.15) is 78.8 Å². The standard InChI is InChI=1S/C24H30N2O3/c1-2-3-14-23(27)26-17-8-13-22(26)21-16-15-19(24(28)29)20(25-21)12-7-11-18-9-5-4-6-10-18/h4-6,9-10,15-16,22H,2-3,7-8,11-14,17H2,1H3,(H,28,29)/t22-/m0/s1. The molecule has 1 amide bonds. The van der Waals surface area contributed by atoms with Crippen molar-refractivity contribution in [2.45, 2.75) is 64.3 Å². The maximum atomic E-state index is 12.6. The van der Waals surface area contributed by atoms with Gasteiger partial charge in [-0.05, 0) is 56.2 Å². The molecule has 0 unspecified atom stereocenters. The van der Waals surface area contributed by atoms with Gasteiger partial charge >= 0.3 is 5.97 Å². The van der Waals surface area contributed by atoms with Crippen molar-refractivity contribution in [3.63, 3.8) is 0 Å². The van der Waals surface area contributed by atoms with Gasteiger partial charge in [0.1, 0.15) is 0 Å². The first kappa shape index (κ1) is 21.0. The van der Waals surface area contributed by atoms with E-state index in [1.807, 2.05) is 23.1 Å². The van der Waals surface area contributed by atoms with Crippen molar-refractivity contribution >= 4 is 11.9 Å². The second-order valence-electron chi connectivity index (χ2n) is 7.72. The van der Waals surface area contributed by atoms with Crippen molar-refractivity contribution < 1.29 is 14.7 Å². The molecule has 1 saturated heterocycles. The van der Waals surface area contributed by atoms with Gasteiger partial charge in [-0.2, -0.15) is 0 Å². The fraction of sp³-hybridized carbons (Fsp3) is 0.458. The van der Waals surface area contributed by atoms with Crippen LogP contribution in [0.3, 0.4) is 0 Å². The molecule has 1 fully saturated rings. The predicted molar refractivity (Wildman–Crippen MR) is 113 cm³/mol. The highest BCUT2D eigenvalue weighted by atomic mass is 16.4. The van der Waals surface area contributed by atoms with Gasteiger partial charge in [-0.1, -0.05) is 43.7 Å². The Morgan fingerprint density at radius 3 is 2.62 bits per heavy atom. The van der Waals surface area contributed by atoms with E-state index in [9.17, 15) is 14.7 Å². The molecule has 1 N–H and O–H groups in total. The average molecular weight is 395 g/mol. The lowest BCUT2D eigenvalue weighted by Crippen LogP contribution is -2.31. The number of rotatable bonds is 9. The fourth-order valence-electron chi connectivity index (χ4n) is 4.04. The van der Waals surface area contributed by atoms with Crippen molar-refractivity contribution in [2.24, 2.45) is 0 Å². The van der Waals surface area contributed by atoms with Crippen molar-refractivity contribution in [3.05, 3.63) is 65.0 Å². The summed E-state index contributed by atoms with van der Waals surface area (Å²) in [6.07, 6.45) is 6.67. The summed E-state index contributed by atoms with van der Waals surface area (Å²) in [5.74, 6) is -0.759. The van der Waals surface area contributed by atoms with Gasteiger partial charge in [0.15, 0.2) is 0 Å². The molecular weight excluding hydrogens is 364 g/mol. The summed E-state index contributed by atoms with van der Waals surface area (Å²) >= 11 is 0. The molecule has 0 spiro atoms. The Morgan fingerprint density at radius 1 is 1.10 bits per heavy atom. The van der Waals surface area contributed by atoms with Gasteiger partial charge in [-0.25, -0.2) is 4.79 Å². The number of aryl methyl sites for hydroxylation is 2. The highest BCUT2D eigenvalue weighted by Crippen LogP contribution is 2.32. The molecule has 2 aromatic rings. The van der Waals surface area contributed by atoms with Crippen LogP contribution in [0.15, 0.2) is 42.5 Å². The largest absolute Gasteiger partial charge is 0.478 e. The Hall–Kier alpha value is -2.69. The van der Waals surface area contributed by atoms with Gasteiger partial charge < -0.3 is 10.0 Å². The Kier molecular flexibility index (Phi) is 7.39. The Bertz CT molecular complexity index is 835. The number of nitrogens with zero attached hydrogens (tertiary/aromatic N) is 2. The second kappa shape index (κ2) is 10.2. The topological polar surface area (TPSA) is 70.5 Å². The molecule has 154 valence electrons. The van der Waals surface area contributed by atoms with Gasteiger partial charge in [0.05, 0.1) is 23.0 Å². The lowest BCUT2D eigenvalue weighted by Gasteiger charge is -2.25. The molecule has 1 aliphatic rings. The summed E-state index contributed by atoms with van der Waals surface area (Å²) in [7, 11) is 0. The molecule has 0 bridgehead atoms. The van der Waals surface area contributed by atoms with E-state index in [1.54, 1.807) is 12.1 Å². The van der Waals surface area contributed by atoms with Crippen LogP contribution in [0.2, 0.25) is 0 Å². The number of aromatic nitrogens is 1. The number of hydrogen-bond acceptors (Lipinski definition) is 3. The Balaban J connectivity index is 1.75. The summed E-state index contributed by atoms with van der Waals surface area (Å²) in [6, 6.07) is 13.6. The number of hydrogen-bond donors (Lipinski definition) is 1. The molecule has 0 radical (unpaired) electrons. The van der Waals surface area contributed by atoms with E-state index in [4.69, 9.17) is 4.98 Å². The summed E-state index contributed by atoms with van der Waals surface area (Å²) < 4.78 is 0. The number of aromatic carboxylic acids is 1. The number of unbranched alkanes of at least 4 members (excludes halogenated alkanes) is 1. The van der Waals surface area contributed by atoms with E-state index in [1.165, 1.54) is 5.56 Å². The van der Waals surface area contributed by atoms with E-state index in [0.29, 0.717) is 18.5 Å². The third-order valence-electron chi connectivity index (χ3n) is 5.61. The van der Waals surface area contributed by atoms with E-state index in [2.05, 4.69) is 19.1 Å². The first-order valence-electron chi connectivity index (χ1n) is 10.7. The van der Waals surface area contributed by atoms with Crippen LogP contribution in [0.25, 0.3) is 0 Å². The van der Waals surface area contributed by atoms with Crippen molar-refractivity contribution in [1.29, 1.82) is 0 Å². The predicted octanol–water partition coefficient (Wildman–Crippen LogP) is 4.81. The van der Waals surface area contributed by atoms with E-state index in [-0.39, 0.29) is 17.5 Å². The molecule has 1 aliphatic heterocycles. The van der Waals surface area contributed by atoms with Gasteiger partial charge in [0.2, 0.25) is 5.91 Å². The van der Waals surface area contributed by atoms with Gasteiger partial charge in [0, 0.05) is 13.0 Å². The van der Waals surface area contributed by atoms with Gasteiger partial charge in [-0.15, -0.1) is 0 Å². The number of carbonyl (C=O) groups excluding carboxylic acids is 1. The zero-order valence-electron chi connectivity index (χ0n) is 17.1. The maximum Gasteiger partial charge on any atom is 0.337 e. The Morgan fingerprint density at radius 2 is 1.90 bits per heavy atom. The third kappa shape index (κ3) is 5.43. The molecular formula is C24H30N2O3. The first-order chi connectivity index (χ1) is 14.1. The molecule has 1 aromatic carbocycles. The number of carbonyl (C=O) groups is 2. The van der Waals surface area contributed by atoms with Crippen molar-refractivity contribution in [1.82, 2.24) is 9.88 Å². The van der Waals surface area contributed by atoms with E-state index >= 15 is 0 Å². The van der Waals surface area contributed by atoms with Crippen molar-refractivity contribution in [3.8, 4) is 0 Å². The zero-order chi connectivity index (χ0) is 20.6. The normalized spacial score (nSPS) is 16.2. The number of likely N-dealkylation sites (tertiary alicyclic amines) is 1. The number of carboxylic acids is 1. The summed E-state index contributed by atoms with van der Waals surface area (Å²) in [4.78, 5) is 30.9. The number of carboxylic acid groups (broad SMARTS) is 1. The third-order valence-corrected chi connectivity index (χ3v) is 5.61.